The normalized spacial score (nSPS) is 14.7. The number of urea groups is 1. The minimum absolute atomic E-state index is 0.153. The van der Waals surface area contributed by atoms with Gasteiger partial charge >= 0.3 is 6.03 Å². The van der Waals surface area contributed by atoms with Crippen LogP contribution >= 0.6 is 23.2 Å². The van der Waals surface area contributed by atoms with Gasteiger partial charge in [0.15, 0.2) is 11.5 Å². The molecule has 0 unspecified atom stereocenters. The third-order valence-corrected chi connectivity index (χ3v) is 7.51. The number of carbonyl (C=O) groups excluding carboxylic acids is 2. The van der Waals surface area contributed by atoms with E-state index in [0.717, 1.165) is 18.7 Å². The number of anilines is 1. The molecule has 0 bridgehead atoms. The third kappa shape index (κ3) is 7.19. The lowest BCUT2D eigenvalue weighted by Gasteiger charge is -2.31. The molecule has 3 amide bonds. The molecule has 2 aromatic carbocycles. The van der Waals surface area contributed by atoms with Crippen molar-refractivity contribution < 1.29 is 28.2 Å². The van der Waals surface area contributed by atoms with E-state index < -0.39 is 6.03 Å². The van der Waals surface area contributed by atoms with Crippen molar-refractivity contribution in [3.63, 3.8) is 0 Å². The fourth-order valence-corrected chi connectivity index (χ4v) is 4.83. The number of amides is 3. The van der Waals surface area contributed by atoms with Gasteiger partial charge in [-0.25, -0.2) is 4.79 Å². The first kappa shape index (κ1) is 28.1. The summed E-state index contributed by atoms with van der Waals surface area (Å²) in [5.74, 6) is 1.68. The first-order valence-electron chi connectivity index (χ1n) is 12.9. The zero-order valence-electron chi connectivity index (χ0n) is 21.8. The summed E-state index contributed by atoms with van der Waals surface area (Å²) >= 11 is 12.5. The Morgan fingerprint density at radius 1 is 0.950 bits per heavy atom. The van der Waals surface area contributed by atoms with Gasteiger partial charge in [0.25, 0.3) is 0 Å². The van der Waals surface area contributed by atoms with E-state index in [2.05, 4.69) is 10.2 Å². The Labute approximate surface area is 242 Å². The predicted molar refractivity (Wildman–Crippen MR) is 150 cm³/mol. The second-order valence-corrected chi connectivity index (χ2v) is 10.2. The van der Waals surface area contributed by atoms with E-state index in [9.17, 15) is 9.59 Å². The minimum Gasteiger partial charge on any atom is -0.467 e. The van der Waals surface area contributed by atoms with Crippen LogP contribution in [0.2, 0.25) is 10.0 Å². The highest BCUT2D eigenvalue weighted by Crippen LogP contribution is 2.33. The maximum atomic E-state index is 13.8. The molecule has 10 nitrogen and oxygen atoms in total. The molecule has 2 aliphatic heterocycles. The van der Waals surface area contributed by atoms with Crippen LogP contribution in [0, 0.1) is 0 Å². The first-order valence-corrected chi connectivity index (χ1v) is 13.7. The van der Waals surface area contributed by atoms with Gasteiger partial charge in [-0.05, 0) is 42.0 Å². The van der Waals surface area contributed by atoms with Crippen LogP contribution in [0.15, 0.2) is 59.2 Å². The molecule has 12 heteroatoms. The molecule has 0 saturated carbocycles. The van der Waals surface area contributed by atoms with Crippen LogP contribution in [-0.4, -0.2) is 79.4 Å². The second-order valence-electron chi connectivity index (χ2n) is 9.42. The topological polar surface area (TPSA) is 96.7 Å². The van der Waals surface area contributed by atoms with Gasteiger partial charge in [0.1, 0.15) is 12.3 Å². The molecule has 40 heavy (non-hydrogen) atoms. The second kappa shape index (κ2) is 13.3. The summed E-state index contributed by atoms with van der Waals surface area (Å²) in [6.07, 6.45) is 1.56. The fraction of sp³-hybridized carbons (Fsp3) is 0.357. The van der Waals surface area contributed by atoms with Crippen LogP contribution in [0.3, 0.4) is 0 Å². The molecule has 0 radical (unpaired) electrons. The summed E-state index contributed by atoms with van der Waals surface area (Å²) in [5, 5.41) is 3.37. The monoisotopic (exact) mass is 588 g/mol. The maximum Gasteiger partial charge on any atom is 0.322 e. The Balaban J connectivity index is 1.33. The van der Waals surface area contributed by atoms with Gasteiger partial charge in [-0.15, -0.1) is 0 Å². The van der Waals surface area contributed by atoms with Crippen molar-refractivity contribution in [3.8, 4) is 11.5 Å². The molecule has 0 aliphatic carbocycles. The molecule has 5 rings (SSSR count). The molecule has 3 aromatic rings. The third-order valence-electron chi connectivity index (χ3n) is 6.69. The van der Waals surface area contributed by atoms with Crippen molar-refractivity contribution in [1.82, 2.24) is 14.7 Å². The van der Waals surface area contributed by atoms with Crippen LogP contribution in [0.5, 0.6) is 11.5 Å². The maximum absolute atomic E-state index is 13.8. The van der Waals surface area contributed by atoms with Crippen molar-refractivity contribution >= 4 is 40.8 Å². The average molecular weight is 589 g/mol. The first-order chi connectivity index (χ1) is 19.5. The van der Waals surface area contributed by atoms with Crippen molar-refractivity contribution in [2.45, 2.75) is 13.1 Å². The lowest BCUT2D eigenvalue weighted by molar-refractivity contribution is -0.133. The predicted octanol–water partition coefficient (Wildman–Crippen LogP) is 4.71. The lowest BCUT2D eigenvalue weighted by Crippen LogP contribution is -2.48. The van der Waals surface area contributed by atoms with Gasteiger partial charge in [-0.1, -0.05) is 35.3 Å². The fourth-order valence-electron chi connectivity index (χ4n) is 4.48. The molecule has 0 spiro atoms. The van der Waals surface area contributed by atoms with E-state index in [-0.39, 0.29) is 37.4 Å². The Morgan fingerprint density at radius 3 is 2.58 bits per heavy atom. The Kier molecular flexibility index (Phi) is 9.33. The van der Waals surface area contributed by atoms with E-state index in [1.807, 2.05) is 24.3 Å². The van der Waals surface area contributed by atoms with Gasteiger partial charge in [0.05, 0.1) is 41.8 Å². The number of furan rings is 1. The highest BCUT2D eigenvalue weighted by atomic mass is 35.5. The van der Waals surface area contributed by atoms with Gasteiger partial charge < -0.3 is 33.7 Å². The number of morpholine rings is 1. The molecule has 2 aliphatic rings. The Hall–Kier alpha value is -3.44. The van der Waals surface area contributed by atoms with E-state index in [1.165, 1.54) is 4.90 Å². The number of hydrogen-bond acceptors (Lipinski definition) is 7. The number of rotatable bonds is 10. The summed E-state index contributed by atoms with van der Waals surface area (Å²) in [7, 11) is 0. The average Bonchev–Trinajstić information content (AvgIpc) is 3.65. The van der Waals surface area contributed by atoms with Gasteiger partial charge in [0.2, 0.25) is 12.7 Å². The van der Waals surface area contributed by atoms with Crippen molar-refractivity contribution in [2.24, 2.45) is 0 Å². The van der Waals surface area contributed by atoms with Crippen molar-refractivity contribution in [3.05, 3.63) is 76.2 Å². The summed E-state index contributed by atoms with van der Waals surface area (Å²) in [6, 6.07) is 13.7. The smallest absolute Gasteiger partial charge is 0.322 e. The Bertz CT molecular complexity index is 1320. The number of benzene rings is 2. The summed E-state index contributed by atoms with van der Waals surface area (Å²) < 4.78 is 21.9. The number of fused-ring (bicyclic) bond motifs is 1. The van der Waals surface area contributed by atoms with Gasteiger partial charge in [-0.3, -0.25) is 9.69 Å². The zero-order valence-corrected chi connectivity index (χ0v) is 23.3. The molecule has 1 N–H and O–H groups in total. The molecule has 1 saturated heterocycles. The highest BCUT2D eigenvalue weighted by molar-refractivity contribution is 6.43. The van der Waals surface area contributed by atoms with E-state index >= 15 is 0 Å². The number of nitrogens with zero attached hydrogens (tertiary/aromatic N) is 3. The SMILES string of the molecule is O=C(CN(CCN1CCOCC1)C(=O)Nc1cccc(Cl)c1Cl)N(Cc1ccc2c(c1)OCO2)Cc1ccco1. The molecule has 3 heterocycles. The van der Waals surface area contributed by atoms with E-state index in [1.54, 1.807) is 35.4 Å². The van der Waals surface area contributed by atoms with Crippen molar-refractivity contribution in [1.29, 1.82) is 0 Å². The largest absolute Gasteiger partial charge is 0.467 e. The minimum atomic E-state index is -0.452. The molecule has 212 valence electrons. The van der Waals surface area contributed by atoms with Crippen LogP contribution in [-0.2, 0) is 22.6 Å². The van der Waals surface area contributed by atoms with E-state index in [4.69, 9.17) is 41.8 Å². The zero-order chi connectivity index (χ0) is 27.9. The number of nitrogens with one attached hydrogen (secondary N) is 1. The standard InChI is InChI=1S/C28H30Cl2N4O6/c29-22-4-1-5-23(27(22)30)31-28(36)33(9-8-32-10-13-37-14-11-32)18-26(35)34(17-21-3-2-12-38-21)16-20-6-7-24-25(15-20)40-19-39-24/h1-7,12,15H,8-11,13-14,16-19H2,(H,31,36). The molecular weight excluding hydrogens is 559 g/mol. The summed E-state index contributed by atoms with van der Waals surface area (Å²) in [6.45, 7) is 4.25. The summed E-state index contributed by atoms with van der Waals surface area (Å²) in [4.78, 5) is 32.6. The van der Waals surface area contributed by atoms with E-state index in [0.29, 0.717) is 54.3 Å². The van der Waals surface area contributed by atoms with Gasteiger partial charge in [-0.2, -0.15) is 0 Å². The van der Waals surface area contributed by atoms with Crippen molar-refractivity contribution in [2.75, 3.05) is 58.0 Å². The number of halogens is 2. The van der Waals surface area contributed by atoms with Crippen LogP contribution in [0.25, 0.3) is 0 Å². The van der Waals surface area contributed by atoms with Crippen LogP contribution in [0.4, 0.5) is 10.5 Å². The number of hydrogen-bond donors (Lipinski definition) is 1. The van der Waals surface area contributed by atoms with Gasteiger partial charge in [0, 0.05) is 32.7 Å². The molecule has 0 atom stereocenters. The quantitative estimate of drug-likeness (QED) is 0.366. The molecule has 1 aromatic heterocycles. The molecule has 1 fully saturated rings. The van der Waals surface area contributed by atoms with Crippen LogP contribution in [0.1, 0.15) is 11.3 Å². The summed E-state index contributed by atoms with van der Waals surface area (Å²) in [5.41, 5.74) is 1.23. The lowest BCUT2D eigenvalue weighted by atomic mass is 10.2. The number of carbonyl (C=O) groups is 2. The molecular formula is C28H30Cl2N4O6. The Morgan fingerprint density at radius 2 is 1.77 bits per heavy atom. The number of ether oxygens (including phenoxy) is 3. The van der Waals surface area contributed by atoms with Crippen LogP contribution < -0.4 is 14.8 Å². The highest BCUT2D eigenvalue weighted by Gasteiger charge is 2.25.